The van der Waals surface area contributed by atoms with Crippen molar-refractivity contribution in [1.82, 2.24) is 40.7 Å². The van der Waals surface area contributed by atoms with Crippen molar-refractivity contribution in [3.63, 3.8) is 0 Å². The van der Waals surface area contributed by atoms with Gasteiger partial charge in [0.05, 0.1) is 51.4 Å². The number of esters is 1. The summed E-state index contributed by atoms with van der Waals surface area (Å²) in [5.41, 5.74) is 0.692. The van der Waals surface area contributed by atoms with E-state index in [2.05, 4.69) is 26.3 Å². The normalized spacial score (nSPS) is 15.4. The quantitative estimate of drug-likeness (QED) is 0.0462. The monoisotopic (exact) mass is 1110 g/mol. The topological polar surface area (TPSA) is 228 Å². The van der Waals surface area contributed by atoms with Crippen LogP contribution in [-0.4, -0.2) is 140 Å². The Bertz CT molecular complexity index is 2250. The Balaban J connectivity index is 1.46. The lowest BCUT2D eigenvalue weighted by Gasteiger charge is -2.32. The molecule has 2 heterocycles. The van der Waals surface area contributed by atoms with E-state index in [1.165, 1.54) is 16.5 Å². The number of likely N-dealkylation sites (N-methyl/N-ethyl adjacent to an activating group) is 1. The number of rotatable bonds is 31. The molecule has 5 atom stereocenters. The number of aryl methyl sites for hydroxylation is 2. The van der Waals surface area contributed by atoms with E-state index in [0.717, 1.165) is 11.1 Å². The van der Waals surface area contributed by atoms with Gasteiger partial charge in [-0.3, -0.25) is 47.9 Å². The summed E-state index contributed by atoms with van der Waals surface area (Å²) in [4.78, 5) is 113. The van der Waals surface area contributed by atoms with Crippen LogP contribution in [0.4, 0.5) is 0 Å². The molecular weight excluding hydrogens is 1040 g/mol. The molecule has 0 unspecified atom stereocenters. The number of amides is 4. The molecule has 0 bridgehead atoms. The van der Waals surface area contributed by atoms with Crippen molar-refractivity contribution in [2.75, 3.05) is 50.9 Å². The summed E-state index contributed by atoms with van der Waals surface area (Å²) in [5, 5.41) is 16.3. The third-order valence-electron chi connectivity index (χ3n) is 12.5. The van der Waals surface area contributed by atoms with Crippen molar-refractivity contribution in [2.24, 2.45) is 30.7 Å². The van der Waals surface area contributed by atoms with E-state index in [0.29, 0.717) is 51.3 Å². The van der Waals surface area contributed by atoms with Crippen molar-refractivity contribution in [1.29, 1.82) is 0 Å². The zero-order valence-corrected chi connectivity index (χ0v) is 45.2. The average Bonchev–Trinajstić information content (AvgIpc) is 3.76. The van der Waals surface area contributed by atoms with Crippen LogP contribution in [0.5, 0.6) is 0 Å². The maximum Gasteiger partial charge on any atom is 0.307 e. The summed E-state index contributed by atoms with van der Waals surface area (Å²) in [6, 6.07) is 16.9. The molecular formula is C53H75IN8O10. The van der Waals surface area contributed by atoms with Gasteiger partial charge in [0.25, 0.3) is 0 Å². The van der Waals surface area contributed by atoms with Crippen molar-refractivity contribution in [3.8, 4) is 0 Å². The number of hydrogen-bond donors (Lipinski definition) is 3. The predicted octanol–water partition coefficient (Wildman–Crippen LogP) is 4.40. The number of carbonyl (C=O) groups excluding carboxylic acids is 8. The molecule has 72 heavy (non-hydrogen) atoms. The SMILES string of the molecule is CC(C)C[C@H](NC(=O)[C@H](CCc1ccccc1)CC(=O)CN1CCOCC1)C(=O)C[C@@H](Cc1ccccc1)C(=O)N[C@@H](CC(C)C)C(=O)[C@@](C)(CI)OC(=O)CCC(=O)NCC(=O)N(C)Cc1cn(C)nn1. The number of benzene rings is 2. The summed E-state index contributed by atoms with van der Waals surface area (Å²) >= 11 is 1.95. The van der Waals surface area contributed by atoms with E-state index in [1.807, 2.05) is 116 Å². The third-order valence-corrected chi connectivity index (χ3v) is 13.9. The largest absolute Gasteiger partial charge is 0.450 e. The van der Waals surface area contributed by atoms with Crippen molar-refractivity contribution in [2.45, 2.75) is 117 Å². The smallest absolute Gasteiger partial charge is 0.307 e. The number of hydrogen-bond acceptors (Lipinski definition) is 13. The average molecular weight is 1110 g/mol. The molecule has 2 aromatic carbocycles. The molecule has 4 amide bonds. The molecule has 1 aliphatic heterocycles. The van der Waals surface area contributed by atoms with Crippen LogP contribution in [0.15, 0.2) is 66.9 Å². The van der Waals surface area contributed by atoms with Gasteiger partial charge in [0, 0.05) is 68.9 Å². The van der Waals surface area contributed by atoms with Gasteiger partial charge in [-0.1, -0.05) is 116 Å². The number of ether oxygens (including phenoxy) is 2. The highest BCUT2D eigenvalue weighted by molar-refractivity contribution is 14.1. The number of nitrogens with zero attached hydrogens (tertiary/aromatic N) is 5. The second-order valence-corrected chi connectivity index (χ2v) is 20.7. The van der Waals surface area contributed by atoms with Crippen molar-refractivity contribution in [3.05, 3.63) is 83.7 Å². The molecule has 0 saturated carbocycles. The lowest BCUT2D eigenvalue weighted by atomic mass is 9.87. The summed E-state index contributed by atoms with van der Waals surface area (Å²) in [6.45, 7) is 11.6. The Labute approximate surface area is 438 Å². The molecule has 0 radical (unpaired) electrons. The number of carbonyl (C=O) groups is 8. The number of ketones is 3. The Morgan fingerprint density at radius 3 is 2.01 bits per heavy atom. The second kappa shape index (κ2) is 29.9. The van der Waals surface area contributed by atoms with Gasteiger partial charge in [0.1, 0.15) is 11.5 Å². The molecule has 3 aromatic rings. The lowest BCUT2D eigenvalue weighted by Crippen LogP contribution is -2.55. The predicted molar refractivity (Wildman–Crippen MR) is 279 cm³/mol. The highest BCUT2D eigenvalue weighted by Gasteiger charge is 2.42. The summed E-state index contributed by atoms with van der Waals surface area (Å²) in [6.07, 6.45) is 2.36. The number of aromatic nitrogens is 3. The number of morpholine rings is 1. The number of nitrogens with one attached hydrogen (secondary N) is 3. The molecule has 0 spiro atoms. The van der Waals surface area contributed by atoms with Crippen LogP contribution in [0, 0.1) is 23.7 Å². The first-order valence-corrected chi connectivity index (χ1v) is 26.5. The minimum Gasteiger partial charge on any atom is -0.450 e. The molecule has 1 aromatic heterocycles. The van der Waals surface area contributed by atoms with Gasteiger partial charge in [-0.25, -0.2) is 0 Å². The van der Waals surface area contributed by atoms with E-state index >= 15 is 0 Å². The van der Waals surface area contributed by atoms with Crippen LogP contribution in [0.3, 0.4) is 0 Å². The Morgan fingerprint density at radius 2 is 1.42 bits per heavy atom. The Morgan fingerprint density at radius 1 is 0.819 bits per heavy atom. The fourth-order valence-corrected chi connectivity index (χ4v) is 8.98. The first-order valence-electron chi connectivity index (χ1n) is 25.0. The summed E-state index contributed by atoms with van der Waals surface area (Å²) < 4.78 is 12.8. The maximum atomic E-state index is 14.6. The Kier molecular flexibility index (Phi) is 24.6. The fourth-order valence-electron chi connectivity index (χ4n) is 8.45. The standard InChI is InChI=1S/C53H75IN8O10/c1-36(2)26-44(56-51(69)40(19-18-38-14-10-8-11-15-38)29-43(63)34-62-22-24-71-25-23-62)46(64)30-41(28-39-16-12-9-13-17-39)52(70)57-45(27-37(3)4)50(68)53(5,35-54)72-49(67)21-20-47(65)55-31-48(66)60(6)32-42-33-61(7)59-58-42/h8-17,33,36-37,40-41,44-45H,18-32,34-35H2,1-7H3,(H,55,65)(H,56,69)(H,57,70)/t40-,41-,44+,45+,53-/m1/s1. The minimum absolute atomic E-state index is 0.0106. The molecule has 0 aliphatic carbocycles. The van der Waals surface area contributed by atoms with Gasteiger partial charge >= 0.3 is 5.97 Å². The highest BCUT2D eigenvalue weighted by Crippen LogP contribution is 2.25. The van der Waals surface area contributed by atoms with Crippen LogP contribution in [0.2, 0.25) is 0 Å². The fraction of sp³-hybridized carbons (Fsp3) is 0.585. The second-order valence-electron chi connectivity index (χ2n) is 19.9. The lowest BCUT2D eigenvalue weighted by molar-refractivity contribution is -0.164. The molecule has 3 N–H and O–H groups in total. The summed E-state index contributed by atoms with van der Waals surface area (Å²) in [7, 11) is 3.27. The van der Waals surface area contributed by atoms with Crippen LogP contribution in [0.1, 0.15) is 96.4 Å². The number of alkyl halides is 1. The van der Waals surface area contributed by atoms with Gasteiger partial charge in [0.2, 0.25) is 23.6 Å². The highest BCUT2D eigenvalue weighted by atomic mass is 127. The van der Waals surface area contributed by atoms with E-state index in [1.54, 1.807) is 20.3 Å². The molecule has 1 aliphatic rings. The van der Waals surface area contributed by atoms with Crippen LogP contribution >= 0.6 is 22.6 Å². The molecule has 18 nitrogen and oxygen atoms in total. The van der Waals surface area contributed by atoms with Gasteiger partial charge in [-0.15, -0.1) is 5.10 Å². The van der Waals surface area contributed by atoms with Crippen molar-refractivity contribution >= 4 is 69.5 Å². The molecule has 1 saturated heterocycles. The van der Waals surface area contributed by atoms with E-state index in [-0.39, 0.29) is 91.9 Å². The molecule has 19 heteroatoms. The van der Waals surface area contributed by atoms with Crippen LogP contribution in [-0.2, 0) is 74.3 Å². The first-order chi connectivity index (χ1) is 34.2. The molecule has 4 rings (SSSR count). The Hall–Kier alpha value is -5.41. The summed E-state index contributed by atoms with van der Waals surface area (Å²) in [5.74, 6) is -5.42. The first kappa shape index (κ1) is 59.2. The molecule has 394 valence electrons. The zero-order valence-electron chi connectivity index (χ0n) is 43.0. The van der Waals surface area contributed by atoms with Gasteiger partial charge in [-0.05, 0) is 62.0 Å². The minimum atomic E-state index is -1.70. The van der Waals surface area contributed by atoms with Crippen LogP contribution < -0.4 is 16.0 Å². The van der Waals surface area contributed by atoms with Gasteiger partial charge < -0.3 is 30.3 Å². The zero-order chi connectivity index (χ0) is 52.8. The number of halogens is 1. The van der Waals surface area contributed by atoms with E-state index < -0.39 is 59.0 Å². The van der Waals surface area contributed by atoms with Crippen LogP contribution in [0.25, 0.3) is 0 Å². The van der Waals surface area contributed by atoms with Gasteiger partial charge in [0.15, 0.2) is 17.2 Å². The number of Topliss-reactive ketones (excluding diaryl/α,β-unsaturated/α-hetero) is 3. The van der Waals surface area contributed by atoms with Gasteiger partial charge in [-0.2, -0.15) is 0 Å². The maximum absolute atomic E-state index is 14.6. The third kappa shape index (κ3) is 20.6. The van der Waals surface area contributed by atoms with Crippen molar-refractivity contribution < 1.29 is 47.8 Å². The van der Waals surface area contributed by atoms with E-state index in [9.17, 15) is 38.4 Å². The van der Waals surface area contributed by atoms with E-state index in [4.69, 9.17) is 9.47 Å². The molecule has 1 fully saturated rings.